The van der Waals surface area contributed by atoms with E-state index in [-0.39, 0.29) is 17.9 Å². The maximum absolute atomic E-state index is 11.4. The number of benzene rings is 1. The topological polar surface area (TPSA) is 95.9 Å². The fourth-order valence-electron chi connectivity index (χ4n) is 1.48. The Morgan fingerprint density at radius 1 is 1.33 bits per heavy atom. The normalized spacial score (nSPS) is 11.4. The maximum atomic E-state index is 11.4. The molecular weight excluding hydrogens is 274 g/mol. The van der Waals surface area contributed by atoms with E-state index in [1.54, 1.807) is 39.0 Å². The number of amides is 1. The van der Waals surface area contributed by atoms with E-state index in [2.05, 4.69) is 5.32 Å². The third-order valence-corrected chi connectivity index (χ3v) is 2.32. The average molecular weight is 293 g/mol. The molecule has 0 atom stereocenters. The molecule has 0 aliphatic carbocycles. The zero-order chi connectivity index (χ0) is 16.0. The number of rotatable bonds is 4. The minimum atomic E-state index is -1.20. The van der Waals surface area contributed by atoms with Gasteiger partial charge in [0.1, 0.15) is 16.9 Å². The van der Waals surface area contributed by atoms with Crippen molar-refractivity contribution in [2.24, 2.45) is 0 Å². The van der Waals surface area contributed by atoms with Crippen molar-refractivity contribution in [3.05, 3.63) is 35.4 Å². The Balaban J connectivity index is 2.56. The predicted molar refractivity (Wildman–Crippen MR) is 78.3 cm³/mol. The number of nitrogens with one attached hydrogen (secondary N) is 1. The number of carbonyl (C=O) groups is 2. The first-order valence-corrected chi connectivity index (χ1v) is 6.39. The van der Waals surface area contributed by atoms with Gasteiger partial charge in [0.25, 0.3) is 0 Å². The molecule has 0 saturated carbocycles. The van der Waals surface area contributed by atoms with Gasteiger partial charge in [-0.25, -0.2) is 9.59 Å². The van der Waals surface area contributed by atoms with Crippen molar-refractivity contribution in [2.75, 3.05) is 6.54 Å². The summed E-state index contributed by atoms with van der Waals surface area (Å²) in [6, 6.07) is 4.23. The van der Waals surface area contributed by atoms with Gasteiger partial charge in [-0.05, 0) is 38.5 Å². The quantitative estimate of drug-likeness (QED) is 0.793. The summed E-state index contributed by atoms with van der Waals surface area (Å²) >= 11 is 0. The number of ether oxygens (including phenoxy) is 1. The second kappa shape index (κ2) is 6.78. The molecule has 0 aromatic heterocycles. The largest absolute Gasteiger partial charge is 0.507 e. The minimum Gasteiger partial charge on any atom is -0.507 e. The molecule has 3 N–H and O–H groups in total. The molecule has 21 heavy (non-hydrogen) atoms. The van der Waals surface area contributed by atoms with Crippen LogP contribution in [0.1, 0.15) is 36.7 Å². The molecule has 6 heteroatoms. The van der Waals surface area contributed by atoms with Crippen LogP contribution in [0.15, 0.2) is 24.3 Å². The molecule has 0 heterocycles. The molecule has 0 fully saturated rings. The van der Waals surface area contributed by atoms with Crippen LogP contribution in [-0.4, -0.2) is 34.4 Å². The fourth-order valence-corrected chi connectivity index (χ4v) is 1.48. The van der Waals surface area contributed by atoms with Gasteiger partial charge in [0.15, 0.2) is 0 Å². The van der Waals surface area contributed by atoms with E-state index in [9.17, 15) is 14.7 Å². The molecule has 1 rings (SSSR count). The van der Waals surface area contributed by atoms with Crippen LogP contribution >= 0.6 is 0 Å². The van der Waals surface area contributed by atoms with Crippen molar-refractivity contribution in [2.45, 2.75) is 26.4 Å². The summed E-state index contributed by atoms with van der Waals surface area (Å²) in [6.45, 7) is 5.56. The number of carbonyl (C=O) groups excluding carboxylic acids is 1. The summed E-state index contributed by atoms with van der Waals surface area (Å²) in [6.07, 6.45) is 2.77. The number of aromatic hydroxyl groups is 1. The molecule has 0 unspecified atom stereocenters. The second-order valence-corrected chi connectivity index (χ2v) is 5.37. The zero-order valence-electron chi connectivity index (χ0n) is 12.2. The summed E-state index contributed by atoms with van der Waals surface area (Å²) < 4.78 is 5.06. The van der Waals surface area contributed by atoms with Gasteiger partial charge in [-0.1, -0.05) is 18.2 Å². The standard InChI is InChI=1S/C15H19NO5/c1-15(2,3)21-14(20)16-8-4-5-10-6-7-12(17)11(9-10)13(18)19/h4-7,9,17H,8H2,1-3H3,(H,16,20)(H,18,19). The Morgan fingerprint density at radius 3 is 2.57 bits per heavy atom. The molecule has 114 valence electrons. The van der Waals surface area contributed by atoms with Crippen LogP contribution in [0.4, 0.5) is 4.79 Å². The number of hydrogen-bond acceptors (Lipinski definition) is 4. The highest BCUT2D eigenvalue weighted by Gasteiger charge is 2.15. The van der Waals surface area contributed by atoms with Crippen molar-refractivity contribution >= 4 is 18.1 Å². The van der Waals surface area contributed by atoms with Crippen molar-refractivity contribution in [1.29, 1.82) is 0 Å². The number of carboxylic acid groups (broad SMARTS) is 1. The molecule has 0 spiro atoms. The van der Waals surface area contributed by atoms with Gasteiger partial charge < -0.3 is 20.3 Å². The van der Waals surface area contributed by atoms with Crippen molar-refractivity contribution in [1.82, 2.24) is 5.32 Å². The van der Waals surface area contributed by atoms with Crippen molar-refractivity contribution in [3.63, 3.8) is 0 Å². The van der Waals surface area contributed by atoms with E-state index in [1.165, 1.54) is 12.1 Å². The van der Waals surface area contributed by atoms with Gasteiger partial charge in [-0.2, -0.15) is 0 Å². The van der Waals surface area contributed by atoms with Gasteiger partial charge in [0.05, 0.1) is 0 Å². The Hall–Kier alpha value is -2.50. The molecule has 0 saturated heterocycles. The lowest BCUT2D eigenvalue weighted by atomic mass is 10.1. The molecule has 6 nitrogen and oxygen atoms in total. The van der Waals surface area contributed by atoms with E-state index in [0.29, 0.717) is 5.56 Å². The molecule has 1 aromatic carbocycles. The zero-order valence-corrected chi connectivity index (χ0v) is 12.2. The lowest BCUT2D eigenvalue weighted by Crippen LogP contribution is -2.32. The molecule has 0 aliphatic heterocycles. The van der Waals surface area contributed by atoms with Gasteiger partial charge >= 0.3 is 12.1 Å². The highest BCUT2D eigenvalue weighted by Crippen LogP contribution is 2.19. The number of phenols is 1. The van der Waals surface area contributed by atoms with Crippen molar-refractivity contribution < 1.29 is 24.5 Å². The summed E-state index contributed by atoms with van der Waals surface area (Å²) in [5.41, 5.74) is -0.116. The average Bonchev–Trinajstić information content (AvgIpc) is 2.34. The lowest BCUT2D eigenvalue weighted by Gasteiger charge is -2.19. The van der Waals surface area contributed by atoms with Crippen LogP contribution in [0, 0.1) is 0 Å². The molecule has 0 bridgehead atoms. The van der Waals surface area contributed by atoms with Gasteiger partial charge in [-0.15, -0.1) is 0 Å². The van der Waals surface area contributed by atoms with Gasteiger partial charge in [-0.3, -0.25) is 0 Å². The van der Waals surface area contributed by atoms with Crippen LogP contribution in [0.3, 0.4) is 0 Å². The van der Waals surface area contributed by atoms with Crippen LogP contribution in [-0.2, 0) is 4.74 Å². The number of alkyl carbamates (subject to hydrolysis) is 1. The number of carboxylic acids is 1. The Kier molecular flexibility index (Phi) is 5.35. The molecule has 0 aliphatic rings. The highest BCUT2D eigenvalue weighted by molar-refractivity contribution is 5.91. The van der Waals surface area contributed by atoms with Gasteiger partial charge in [0, 0.05) is 6.54 Å². The fraction of sp³-hybridized carbons (Fsp3) is 0.333. The molecular formula is C15H19NO5. The highest BCUT2D eigenvalue weighted by atomic mass is 16.6. The van der Waals surface area contributed by atoms with E-state index < -0.39 is 17.7 Å². The molecule has 1 amide bonds. The first kappa shape index (κ1) is 16.6. The number of hydrogen-bond donors (Lipinski definition) is 3. The summed E-state index contributed by atoms with van der Waals surface area (Å²) in [5.74, 6) is -1.49. The van der Waals surface area contributed by atoms with E-state index >= 15 is 0 Å². The minimum absolute atomic E-state index is 0.169. The predicted octanol–water partition coefficient (Wildman–Crippen LogP) is 2.63. The van der Waals surface area contributed by atoms with Crippen LogP contribution in [0.5, 0.6) is 5.75 Å². The van der Waals surface area contributed by atoms with Gasteiger partial charge in [0.2, 0.25) is 0 Å². The number of aromatic carboxylic acids is 1. The summed E-state index contributed by atoms with van der Waals surface area (Å²) in [7, 11) is 0. The van der Waals surface area contributed by atoms with E-state index in [4.69, 9.17) is 9.84 Å². The smallest absolute Gasteiger partial charge is 0.407 e. The third kappa shape index (κ3) is 5.99. The van der Waals surface area contributed by atoms with E-state index in [1.807, 2.05) is 0 Å². The molecule has 1 aromatic rings. The Morgan fingerprint density at radius 2 is 2.00 bits per heavy atom. The molecule has 0 radical (unpaired) electrons. The summed E-state index contributed by atoms with van der Waals surface area (Å²) in [5, 5.41) is 20.8. The third-order valence-electron chi connectivity index (χ3n) is 2.32. The Bertz CT molecular complexity index is 558. The summed E-state index contributed by atoms with van der Waals surface area (Å²) in [4.78, 5) is 22.2. The second-order valence-electron chi connectivity index (χ2n) is 5.37. The van der Waals surface area contributed by atoms with E-state index in [0.717, 1.165) is 0 Å². The van der Waals surface area contributed by atoms with Crippen LogP contribution in [0.25, 0.3) is 6.08 Å². The lowest BCUT2D eigenvalue weighted by molar-refractivity contribution is 0.0533. The first-order chi connectivity index (χ1) is 9.69. The SMILES string of the molecule is CC(C)(C)OC(=O)NCC=Cc1ccc(O)c(C(=O)O)c1. The first-order valence-electron chi connectivity index (χ1n) is 6.39. The monoisotopic (exact) mass is 293 g/mol. The van der Waals surface area contributed by atoms with Crippen LogP contribution in [0.2, 0.25) is 0 Å². The van der Waals surface area contributed by atoms with Crippen molar-refractivity contribution in [3.8, 4) is 5.75 Å². The van der Waals surface area contributed by atoms with Crippen LogP contribution < -0.4 is 5.32 Å². The maximum Gasteiger partial charge on any atom is 0.407 e. The Labute approximate surface area is 123 Å².